The van der Waals surface area contributed by atoms with Gasteiger partial charge in [0.2, 0.25) is 15.9 Å². The first-order valence-electron chi connectivity index (χ1n) is 9.73. The fraction of sp³-hybridized carbons (Fsp3) is 0.174. The molecular weight excluding hydrogens is 468 g/mol. The van der Waals surface area contributed by atoms with Crippen molar-refractivity contribution in [3.05, 3.63) is 71.8 Å². The third-order valence-corrected chi connectivity index (χ3v) is 5.89. The van der Waals surface area contributed by atoms with Crippen LogP contribution in [0.4, 0.5) is 11.4 Å². The van der Waals surface area contributed by atoms with E-state index in [-0.39, 0.29) is 11.4 Å². The first-order valence-corrected chi connectivity index (χ1v) is 12.0. The summed E-state index contributed by atoms with van der Waals surface area (Å²) < 4.78 is 42.3. The molecule has 0 unspecified atom stereocenters. The molecule has 0 saturated carbocycles. The third-order valence-electron chi connectivity index (χ3n) is 4.53. The van der Waals surface area contributed by atoms with Crippen molar-refractivity contribution < 1.29 is 27.4 Å². The Morgan fingerprint density at radius 1 is 0.939 bits per heavy atom. The van der Waals surface area contributed by atoms with Gasteiger partial charge in [-0.05, 0) is 42.5 Å². The van der Waals surface area contributed by atoms with E-state index in [4.69, 9.17) is 25.8 Å². The molecule has 0 fully saturated rings. The highest BCUT2D eigenvalue weighted by molar-refractivity contribution is 7.92. The number of rotatable bonds is 9. The normalized spacial score (nSPS) is 10.9. The fourth-order valence-corrected chi connectivity index (χ4v) is 4.03. The van der Waals surface area contributed by atoms with E-state index < -0.39 is 22.5 Å². The van der Waals surface area contributed by atoms with Crippen LogP contribution >= 0.6 is 11.6 Å². The first-order chi connectivity index (χ1) is 15.7. The summed E-state index contributed by atoms with van der Waals surface area (Å²) in [5.74, 6) is 1.04. The first kappa shape index (κ1) is 24.2. The summed E-state index contributed by atoms with van der Waals surface area (Å²) >= 11 is 6.10. The van der Waals surface area contributed by atoms with Crippen molar-refractivity contribution in [2.45, 2.75) is 0 Å². The molecule has 0 atom stereocenters. The molecule has 3 rings (SSSR count). The number of benzene rings is 3. The van der Waals surface area contributed by atoms with Crippen LogP contribution in [0.5, 0.6) is 23.0 Å². The largest absolute Gasteiger partial charge is 0.497 e. The molecule has 0 bridgehead atoms. The minimum atomic E-state index is -3.83. The average Bonchev–Trinajstić information content (AvgIpc) is 2.79. The number of anilines is 2. The van der Waals surface area contributed by atoms with E-state index in [0.717, 1.165) is 10.6 Å². The predicted molar refractivity (Wildman–Crippen MR) is 128 cm³/mol. The van der Waals surface area contributed by atoms with Crippen LogP contribution in [0.1, 0.15) is 0 Å². The molecule has 0 heterocycles. The number of para-hydroxylation sites is 1. The number of carbonyl (C=O) groups is 1. The summed E-state index contributed by atoms with van der Waals surface area (Å²) in [5, 5.41) is 3.06. The molecule has 33 heavy (non-hydrogen) atoms. The molecule has 3 aromatic rings. The van der Waals surface area contributed by atoms with Crippen molar-refractivity contribution in [1.29, 1.82) is 0 Å². The molecule has 0 saturated heterocycles. The monoisotopic (exact) mass is 490 g/mol. The van der Waals surface area contributed by atoms with Gasteiger partial charge < -0.3 is 19.5 Å². The third kappa shape index (κ3) is 6.30. The smallest absolute Gasteiger partial charge is 0.245 e. The summed E-state index contributed by atoms with van der Waals surface area (Å²) in [4.78, 5) is 12.9. The van der Waals surface area contributed by atoms with Gasteiger partial charge in [-0.15, -0.1) is 0 Å². The van der Waals surface area contributed by atoms with Gasteiger partial charge in [0.05, 0.1) is 31.9 Å². The van der Waals surface area contributed by atoms with Crippen molar-refractivity contribution in [1.82, 2.24) is 0 Å². The van der Waals surface area contributed by atoms with Gasteiger partial charge in [-0.2, -0.15) is 0 Å². The van der Waals surface area contributed by atoms with E-state index in [2.05, 4.69) is 5.32 Å². The van der Waals surface area contributed by atoms with E-state index in [0.29, 0.717) is 28.0 Å². The van der Waals surface area contributed by atoms with Crippen molar-refractivity contribution in [2.75, 3.05) is 36.6 Å². The quantitative estimate of drug-likeness (QED) is 0.472. The van der Waals surface area contributed by atoms with Crippen LogP contribution in [0, 0.1) is 0 Å². The molecule has 1 amide bonds. The van der Waals surface area contributed by atoms with Gasteiger partial charge in [-0.3, -0.25) is 9.10 Å². The molecule has 0 aromatic heterocycles. The van der Waals surface area contributed by atoms with Crippen LogP contribution in [0.25, 0.3) is 0 Å². The van der Waals surface area contributed by atoms with Crippen LogP contribution in [0.15, 0.2) is 66.7 Å². The fourth-order valence-electron chi connectivity index (χ4n) is 3.00. The topological polar surface area (TPSA) is 94.2 Å². The number of hydrogen-bond acceptors (Lipinski definition) is 6. The molecule has 1 N–H and O–H groups in total. The van der Waals surface area contributed by atoms with Crippen LogP contribution < -0.4 is 23.8 Å². The van der Waals surface area contributed by atoms with E-state index in [1.807, 2.05) is 18.2 Å². The van der Waals surface area contributed by atoms with Crippen LogP contribution in [-0.2, 0) is 14.8 Å². The number of nitrogens with one attached hydrogen (secondary N) is 1. The predicted octanol–water partition coefficient (Wildman–Crippen LogP) is 4.55. The lowest BCUT2D eigenvalue weighted by Gasteiger charge is -2.24. The number of halogens is 1. The van der Waals surface area contributed by atoms with Crippen LogP contribution in [-0.4, -0.2) is 41.3 Å². The summed E-state index contributed by atoms with van der Waals surface area (Å²) in [7, 11) is -0.947. The van der Waals surface area contributed by atoms with Gasteiger partial charge in [0.1, 0.15) is 23.8 Å². The maximum Gasteiger partial charge on any atom is 0.245 e. The van der Waals surface area contributed by atoms with Gasteiger partial charge in [0.25, 0.3) is 0 Å². The average molecular weight is 491 g/mol. The number of carbonyl (C=O) groups excluding carboxylic acids is 1. The van der Waals surface area contributed by atoms with Crippen molar-refractivity contribution in [2.24, 2.45) is 0 Å². The molecule has 0 spiro atoms. The van der Waals surface area contributed by atoms with Crippen LogP contribution in [0.3, 0.4) is 0 Å². The number of sulfonamides is 1. The second-order valence-electron chi connectivity index (χ2n) is 6.91. The van der Waals surface area contributed by atoms with Gasteiger partial charge in [-0.1, -0.05) is 29.8 Å². The standard InChI is InChI=1S/C23H23ClN2O6S/c1-30-18-10-11-20(22(14-18)31-2)26(33(3,28)29)15-23(27)25-19-13-16(24)9-12-21(19)32-17-7-5-4-6-8-17/h4-14H,15H2,1-3H3,(H,25,27). The Balaban J connectivity index is 1.87. The molecule has 3 aromatic carbocycles. The SMILES string of the molecule is COc1ccc(N(CC(=O)Nc2cc(Cl)ccc2Oc2ccccc2)S(C)(=O)=O)c(OC)c1. The van der Waals surface area contributed by atoms with Crippen molar-refractivity contribution in [3.8, 4) is 23.0 Å². The lowest BCUT2D eigenvalue weighted by molar-refractivity contribution is -0.114. The Morgan fingerprint density at radius 2 is 1.67 bits per heavy atom. The minimum Gasteiger partial charge on any atom is -0.497 e. The Hall–Kier alpha value is -3.43. The summed E-state index contributed by atoms with van der Waals surface area (Å²) in [6.45, 7) is -0.501. The van der Waals surface area contributed by atoms with E-state index in [1.54, 1.807) is 30.3 Å². The minimum absolute atomic E-state index is 0.197. The maximum absolute atomic E-state index is 12.9. The number of amides is 1. The zero-order chi connectivity index (χ0) is 24.0. The molecule has 10 heteroatoms. The van der Waals surface area contributed by atoms with Gasteiger partial charge >= 0.3 is 0 Å². The molecule has 0 radical (unpaired) electrons. The Labute approximate surface area is 197 Å². The summed E-state index contributed by atoms with van der Waals surface area (Å²) in [6.07, 6.45) is 1.01. The van der Waals surface area contributed by atoms with Gasteiger partial charge in [0, 0.05) is 11.1 Å². The summed E-state index contributed by atoms with van der Waals surface area (Å²) in [6, 6.07) is 18.4. The van der Waals surface area contributed by atoms with Crippen molar-refractivity contribution >= 4 is 38.9 Å². The molecule has 0 aliphatic heterocycles. The number of hydrogen-bond donors (Lipinski definition) is 1. The van der Waals surface area contributed by atoms with E-state index in [9.17, 15) is 13.2 Å². The van der Waals surface area contributed by atoms with E-state index >= 15 is 0 Å². The highest BCUT2D eigenvalue weighted by atomic mass is 35.5. The zero-order valence-corrected chi connectivity index (χ0v) is 19.8. The number of ether oxygens (including phenoxy) is 3. The molecular formula is C23H23ClN2O6S. The molecule has 174 valence electrons. The van der Waals surface area contributed by atoms with Gasteiger partial charge in [-0.25, -0.2) is 8.42 Å². The molecule has 0 aliphatic rings. The highest BCUT2D eigenvalue weighted by Crippen LogP contribution is 2.35. The second kappa shape index (κ2) is 10.5. The second-order valence-corrected chi connectivity index (χ2v) is 9.25. The Bertz CT molecular complexity index is 1230. The lowest BCUT2D eigenvalue weighted by Crippen LogP contribution is -2.37. The van der Waals surface area contributed by atoms with E-state index in [1.165, 1.54) is 32.4 Å². The van der Waals surface area contributed by atoms with Crippen LogP contribution in [0.2, 0.25) is 5.02 Å². The zero-order valence-electron chi connectivity index (χ0n) is 18.2. The maximum atomic E-state index is 12.9. The number of nitrogens with zero attached hydrogens (tertiary/aromatic N) is 1. The molecule has 0 aliphatic carbocycles. The Morgan fingerprint density at radius 3 is 2.30 bits per heavy atom. The van der Waals surface area contributed by atoms with Gasteiger partial charge in [0.15, 0.2) is 5.75 Å². The Kier molecular flexibility index (Phi) is 7.67. The highest BCUT2D eigenvalue weighted by Gasteiger charge is 2.25. The summed E-state index contributed by atoms with van der Waals surface area (Å²) in [5.41, 5.74) is 0.495. The lowest BCUT2D eigenvalue weighted by atomic mass is 10.2. The molecule has 8 nitrogen and oxygen atoms in total. The number of methoxy groups -OCH3 is 2. The van der Waals surface area contributed by atoms with Crippen molar-refractivity contribution in [3.63, 3.8) is 0 Å².